The summed E-state index contributed by atoms with van der Waals surface area (Å²) >= 11 is 0. The van der Waals surface area contributed by atoms with Gasteiger partial charge < -0.3 is 10.1 Å². The number of rotatable bonds is 4. The van der Waals surface area contributed by atoms with Crippen molar-refractivity contribution in [1.29, 1.82) is 0 Å². The summed E-state index contributed by atoms with van der Waals surface area (Å²) in [5.74, 6) is 0. The fraction of sp³-hybridized carbons (Fsp3) is 0.824. The normalized spacial score (nSPS) is 25.0. The first-order chi connectivity index (χ1) is 9.94. The molecule has 118 valence electrons. The molecule has 1 aromatic rings. The van der Waals surface area contributed by atoms with Crippen LogP contribution in [0.25, 0.3) is 0 Å². The van der Waals surface area contributed by atoms with E-state index in [0.717, 1.165) is 13.1 Å². The Labute approximate surface area is 128 Å². The first kappa shape index (κ1) is 15.0. The highest BCUT2D eigenvalue weighted by molar-refractivity contribution is 5.04. The highest BCUT2D eigenvalue weighted by atomic mass is 16.5. The van der Waals surface area contributed by atoms with Gasteiger partial charge in [0, 0.05) is 23.8 Å². The molecular formula is C17H29N3O. The molecule has 21 heavy (non-hydrogen) atoms. The van der Waals surface area contributed by atoms with E-state index in [2.05, 4.69) is 42.1 Å². The molecule has 3 rings (SSSR count). The molecule has 1 spiro atoms. The molecule has 4 heteroatoms. The number of aromatic nitrogens is 2. The van der Waals surface area contributed by atoms with Crippen molar-refractivity contribution in [2.24, 2.45) is 0 Å². The van der Waals surface area contributed by atoms with Crippen LogP contribution in [0.15, 0.2) is 12.4 Å². The smallest absolute Gasteiger partial charge is 0.0779 e. The summed E-state index contributed by atoms with van der Waals surface area (Å²) in [6.45, 7) is 8.33. The van der Waals surface area contributed by atoms with E-state index < -0.39 is 0 Å². The zero-order chi connectivity index (χ0) is 14.9. The predicted molar refractivity (Wildman–Crippen MR) is 84.1 cm³/mol. The average Bonchev–Trinajstić information content (AvgIpc) is 3.11. The summed E-state index contributed by atoms with van der Waals surface area (Å²) in [7, 11) is 0. The van der Waals surface area contributed by atoms with Gasteiger partial charge in [-0.3, -0.25) is 4.68 Å². The van der Waals surface area contributed by atoms with Crippen molar-refractivity contribution in [1.82, 2.24) is 15.1 Å². The second kappa shape index (κ2) is 5.73. The zero-order valence-electron chi connectivity index (χ0n) is 13.7. The lowest BCUT2D eigenvalue weighted by atomic mass is 9.98. The van der Waals surface area contributed by atoms with Gasteiger partial charge in [0.2, 0.25) is 0 Å². The van der Waals surface area contributed by atoms with Gasteiger partial charge in [-0.15, -0.1) is 0 Å². The maximum atomic E-state index is 6.36. The third-order valence-corrected chi connectivity index (χ3v) is 4.75. The van der Waals surface area contributed by atoms with Crippen LogP contribution in [0.2, 0.25) is 0 Å². The van der Waals surface area contributed by atoms with Gasteiger partial charge in [-0.05, 0) is 46.5 Å². The Balaban J connectivity index is 1.51. The van der Waals surface area contributed by atoms with Crippen LogP contribution in [0.4, 0.5) is 0 Å². The Bertz CT molecular complexity index is 469. The second-order valence-electron chi connectivity index (χ2n) is 7.84. The van der Waals surface area contributed by atoms with E-state index in [1.165, 1.54) is 44.1 Å². The van der Waals surface area contributed by atoms with Gasteiger partial charge in [0.05, 0.1) is 24.4 Å². The molecule has 1 saturated heterocycles. The van der Waals surface area contributed by atoms with Gasteiger partial charge in [-0.25, -0.2) is 0 Å². The fourth-order valence-electron chi connectivity index (χ4n) is 3.58. The molecule has 0 aromatic carbocycles. The van der Waals surface area contributed by atoms with Crippen LogP contribution in [-0.2, 0) is 17.8 Å². The van der Waals surface area contributed by atoms with E-state index in [9.17, 15) is 0 Å². The topological polar surface area (TPSA) is 39.1 Å². The molecule has 1 saturated carbocycles. The van der Waals surface area contributed by atoms with Crippen LogP contribution in [0, 0.1) is 0 Å². The largest absolute Gasteiger partial charge is 0.370 e. The van der Waals surface area contributed by atoms with E-state index in [0.29, 0.717) is 6.10 Å². The molecule has 1 aliphatic carbocycles. The number of ether oxygens (including phenoxy) is 1. The highest BCUT2D eigenvalue weighted by Crippen LogP contribution is 2.43. The maximum absolute atomic E-state index is 6.36. The molecule has 1 unspecified atom stereocenters. The molecule has 2 aliphatic rings. The van der Waals surface area contributed by atoms with Crippen molar-refractivity contribution in [2.45, 2.75) is 89.6 Å². The van der Waals surface area contributed by atoms with Crippen LogP contribution < -0.4 is 5.32 Å². The minimum Gasteiger partial charge on any atom is -0.370 e. The first-order valence-corrected chi connectivity index (χ1v) is 8.38. The fourth-order valence-corrected chi connectivity index (χ4v) is 3.58. The quantitative estimate of drug-likeness (QED) is 0.925. The SMILES string of the molecule is CC(C)(C)NCc1cnn(CC2CCC3(CCCC3)O2)c1. The van der Waals surface area contributed by atoms with Crippen LogP contribution in [0.3, 0.4) is 0 Å². The number of hydrogen-bond donors (Lipinski definition) is 1. The van der Waals surface area contributed by atoms with Gasteiger partial charge in [-0.1, -0.05) is 12.8 Å². The Kier molecular flexibility index (Phi) is 4.10. The van der Waals surface area contributed by atoms with Gasteiger partial charge in [0.15, 0.2) is 0 Å². The van der Waals surface area contributed by atoms with Crippen LogP contribution in [0.1, 0.15) is 64.9 Å². The Morgan fingerprint density at radius 2 is 2.10 bits per heavy atom. The molecule has 1 atom stereocenters. The van der Waals surface area contributed by atoms with Crippen molar-refractivity contribution >= 4 is 0 Å². The second-order valence-corrected chi connectivity index (χ2v) is 7.84. The predicted octanol–water partition coefficient (Wildman–Crippen LogP) is 3.26. The molecule has 2 fully saturated rings. The van der Waals surface area contributed by atoms with Crippen molar-refractivity contribution in [2.75, 3.05) is 0 Å². The number of nitrogens with zero attached hydrogens (tertiary/aromatic N) is 2. The summed E-state index contributed by atoms with van der Waals surface area (Å²) in [4.78, 5) is 0. The number of hydrogen-bond acceptors (Lipinski definition) is 3. The van der Waals surface area contributed by atoms with Crippen LogP contribution >= 0.6 is 0 Å². The molecule has 1 aromatic heterocycles. The average molecular weight is 291 g/mol. The van der Waals surface area contributed by atoms with Crippen molar-refractivity contribution in [3.05, 3.63) is 18.0 Å². The Hall–Kier alpha value is -0.870. The van der Waals surface area contributed by atoms with Crippen LogP contribution in [0.5, 0.6) is 0 Å². The Morgan fingerprint density at radius 3 is 2.81 bits per heavy atom. The third-order valence-electron chi connectivity index (χ3n) is 4.75. The number of nitrogens with one attached hydrogen (secondary N) is 1. The summed E-state index contributed by atoms with van der Waals surface area (Å²) in [5.41, 5.74) is 1.62. The monoisotopic (exact) mass is 291 g/mol. The molecule has 0 amide bonds. The molecule has 0 bridgehead atoms. The van der Waals surface area contributed by atoms with E-state index in [1.54, 1.807) is 0 Å². The van der Waals surface area contributed by atoms with Crippen LogP contribution in [-0.4, -0.2) is 27.0 Å². The van der Waals surface area contributed by atoms with Crippen molar-refractivity contribution in [3.8, 4) is 0 Å². The summed E-state index contributed by atoms with van der Waals surface area (Å²) < 4.78 is 8.41. The summed E-state index contributed by atoms with van der Waals surface area (Å²) in [6.07, 6.45) is 12.1. The van der Waals surface area contributed by atoms with Crippen molar-refractivity contribution < 1.29 is 4.74 Å². The van der Waals surface area contributed by atoms with Gasteiger partial charge >= 0.3 is 0 Å². The summed E-state index contributed by atoms with van der Waals surface area (Å²) in [5, 5.41) is 7.99. The molecule has 2 heterocycles. The third kappa shape index (κ3) is 3.86. The standard InChI is InChI=1S/C17H29N3O/c1-16(2,3)18-10-14-11-19-20(12-14)13-15-6-9-17(21-15)7-4-5-8-17/h11-12,15,18H,4-10,13H2,1-3H3. The first-order valence-electron chi connectivity index (χ1n) is 8.38. The summed E-state index contributed by atoms with van der Waals surface area (Å²) in [6, 6.07) is 0. The van der Waals surface area contributed by atoms with E-state index in [1.807, 2.05) is 6.20 Å². The molecular weight excluding hydrogens is 262 g/mol. The zero-order valence-corrected chi connectivity index (χ0v) is 13.7. The lowest BCUT2D eigenvalue weighted by molar-refractivity contribution is -0.0429. The van der Waals surface area contributed by atoms with E-state index in [-0.39, 0.29) is 11.1 Å². The van der Waals surface area contributed by atoms with Gasteiger partial charge in [-0.2, -0.15) is 5.10 Å². The van der Waals surface area contributed by atoms with Gasteiger partial charge in [0.1, 0.15) is 0 Å². The highest BCUT2D eigenvalue weighted by Gasteiger charge is 2.42. The van der Waals surface area contributed by atoms with E-state index in [4.69, 9.17) is 4.74 Å². The molecule has 0 radical (unpaired) electrons. The minimum atomic E-state index is 0.144. The van der Waals surface area contributed by atoms with E-state index >= 15 is 0 Å². The van der Waals surface area contributed by atoms with Crippen molar-refractivity contribution in [3.63, 3.8) is 0 Å². The molecule has 1 aliphatic heterocycles. The minimum absolute atomic E-state index is 0.144. The molecule has 1 N–H and O–H groups in total. The lowest BCUT2D eigenvalue weighted by Gasteiger charge is -2.23. The Morgan fingerprint density at radius 1 is 1.33 bits per heavy atom. The van der Waals surface area contributed by atoms with Gasteiger partial charge in [0.25, 0.3) is 0 Å². The lowest BCUT2D eigenvalue weighted by Crippen LogP contribution is -2.34. The molecule has 4 nitrogen and oxygen atoms in total. The maximum Gasteiger partial charge on any atom is 0.0779 e.